The van der Waals surface area contributed by atoms with Crippen LogP contribution in [0.5, 0.6) is 0 Å². The maximum absolute atomic E-state index is 11.4. The highest BCUT2D eigenvalue weighted by atomic mass is 32.2. The molecule has 108 valence electrons. The minimum absolute atomic E-state index is 0.0967. The van der Waals surface area contributed by atoms with Gasteiger partial charge in [0.05, 0.1) is 10.5 Å². The van der Waals surface area contributed by atoms with Crippen molar-refractivity contribution in [1.29, 1.82) is 5.26 Å². The Morgan fingerprint density at radius 3 is 2.48 bits per heavy atom. The molecule has 1 atom stereocenters. The van der Waals surface area contributed by atoms with Crippen LogP contribution in [0, 0.1) is 11.3 Å². The Balaban J connectivity index is 2.21. The molecule has 1 N–H and O–H groups in total. The predicted molar refractivity (Wildman–Crippen MR) is 80.5 cm³/mol. The molecule has 1 aromatic heterocycles. The van der Waals surface area contributed by atoms with Crippen molar-refractivity contribution in [3.05, 3.63) is 53.7 Å². The molecule has 2 aromatic rings. The number of hydrogen-bond donors (Lipinski definition) is 1. The number of nitrogens with one attached hydrogen (secondary N) is 1. The molecule has 2 rings (SSSR count). The van der Waals surface area contributed by atoms with Gasteiger partial charge in [-0.05, 0) is 36.8 Å². The fourth-order valence-corrected chi connectivity index (χ4v) is 2.53. The summed E-state index contributed by atoms with van der Waals surface area (Å²) in [5.41, 5.74) is 1.38. The minimum atomic E-state index is -3.19. The van der Waals surface area contributed by atoms with Crippen molar-refractivity contribution >= 4 is 15.7 Å². The van der Waals surface area contributed by atoms with Gasteiger partial charge in [0.15, 0.2) is 9.84 Å². The second-order valence-electron chi connectivity index (χ2n) is 4.72. The lowest BCUT2D eigenvalue weighted by Crippen LogP contribution is -2.09. The van der Waals surface area contributed by atoms with Crippen molar-refractivity contribution in [3.8, 4) is 6.07 Å². The zero-order chi connectivity index (χ0) is 15.5. The number of rotatable bonds is 4. The molecule has 0 saturated carbocycles. The van der Waals surface area contributed by atoms with Gasteiger partial charge >= 0.3 is 0 Å². The Bertz CT molecular complexity index is 777. The quantitative estimate of drug-likeness (QED) is 0.938. The van der Waals surface area contributed by atoms with E-state index in [4.69, 9.17) is 5.26 Å². The third kappa shape index (κ3) is 3.58. The van der Waals surface area contributed by atoms with Gasteiger partial charge in [0.2, 0.25) is 0 Å². The molecule has 6 heteroatoms. The molecule has 0 unspecified atom stereocenters. The number of nitriles is 1. The lowest BCUT2D eigenvalue weighted by Gasteiger charge is -2.16. The van der Waals surface area contributed by atoms with Gasteiger partial charge in [-0.15, -0.1) is 0 Å². The summed E-state index contributed by atoms with van der Waals surface area (Å²) >= 11 is 0. The number of nitrogens with zero attached hydrogens (tertiary/aromatic N) is 2. The Morgan fingerprint density at radius 1 is 1.24 bits per heavy atom. The highest BCUT2D eigenvalue weighted by molar-refractivity contribution is 7.90. The van der Waals surface area contributed by atoms with E-state index in [9.17, 15) is 8.42 Å². The zero-order valence-electron chi connectivity index (χ0n) is 11.7. The van der Waals surface area contributed by atoms with Crippen molar-refractivity contribution < 1.29 is 8.42 Å². The molecule has 5 nitrogen and oxygen atoms in total. The largest absolute Gasteiger partial charge is 0.362 e. The van der Waals surface area contributed by atoms with Crippen LogP contribution >= 0.6 is 0 Å². The summed E-state index contributed by atoms with van der Waals surface area (Å²) in [5.74, 6) is 0.514. The Morgan fingerprint density at radius 2 is 1.90 bits per heavy atom. The Labute approximate surface area is 124 Å². The van der Waals surface area contributed by atoms with Gasteiger partial charge in [0.1, 0.15) is 11.9 Å². The molecular weight excluding hydrogens is 286 g/mol. The highest BCUT2D eigenvalue weighted by Gasteiger charge is 2.11. The van der Waals surface area contributed by atoms with E-state index in [2.05, 4.69) is 16.4 Å². The van der Waals surface area contributed by atoms with E-state index in [0.717, 1.165) is 5.56 Å². The first-order valence-electron chi connectivity index (χ1n) is 6.33. The first-order chi connectivity index (χ1) is 9.91. The van der Waals surface area contributed by atoms with Crippen molar-refractivity contribution in [2.24, 2.45) is 0 Å². The molecule has 0 bridgehead atoms. The van der Waals surface area contributed by atoms with E-state index in [1.807, 2.05) is 6.92 Å². The minimum Gasteiger partial charge on any atom is -0.362 e. The second-order valence-corrected chi connectivity index (χ2v) is 6.73. The number of pyridine rings is 1. The van der Waals surface area contributed by atoms with E-state index in [-0.39, 0.29) is 10.9 Å². The Hall–Kier alpha value is -2.39. The van der Waals surface area contributed by atoms with Crippen LogP contribution < -0.4 is 5.32 Å². The van der Waals surface area contributed by atoms with Gasteiger partial charge in [0, 0.05) is 18.5 Å². The van der Waals surface area contributed by atoms with Crippen LogP contribution in [-0.2, 0) is 9.84 Å². The SMILES string of the molecule is C[C@@H](Nc1ncccc1C#N)c1ccc(S(C)(=O)=O)cc1. The van der Waals surface area contributed by atoms with Crippen molar-refractivity contribution in [2.45, 2.75) is 17.9 Å². The third-order valence-corrected chi connectivity index (χ3v) is 4.22. The maximum atomic E-state index is 11.4. The van der Waals surface area contributed by atoms with Gasteiger partial charge in [-0.3, -0.25) is 0 Å². The van der Waals surface area contributed by atoms with Crippen LogP contribution in [0.3, 0.4) is 0 Å². The van der Waals surface area contributed by atoms with Crippen LogP contribution in [0.4, 0.5) is 5.82 Å². The third-order valence-electron chi connectivity index (χ3n) is 3.09. The van der Waals surface area contributed by atoms with E-state index in [1.54, 1.807) is 42.6 Å². The van der Waals surface area contributed by atoms with Crippen LogP contribution in [-0.4, -0.2) is 19.7 Å². The van der Waals surface area contributed by atoms with E-state index >= 15 is 0 Å². The number of hydrogen-bond acceptors (Lipinski definition) is 5. The normalized spacial score (nSPS) is 12.4. The number of benzene rings is 1. The van der Waals surface area contributed by atoms with Crippen LogP contribution in [0.25, 0.3) is 0 Å². The first kappa shape index (κ1) is 15.0. The summed E-state index contributed by atoms with van der Waals surface area (Å²) in [4.78, 5) is 4.43. The van der Waals surface area contributed by atoms with E-state index in [1.165, 1.54) is 6.26 Å². The van der Waals surface area contributed by atoms with Gasteiger partial charge in [-0.2, -0.15) is 5.26 Å². The number of anilines is 1. The molecule has 1 heterocycles. The van der Waals surface area contributed by atoms with Gasteiger partial charge in [-0.1, -0.05) is 12.1 Å². The summed E-state index contributed by atoms with van der Waals surface area (Å²) in [7, 11) is -3.19. The lowest BCUT2D eigenvalue weighted by molar-refractivity contribution is 0.602. The van der Waals surface area contributed by atoms with Crippen molar-refractivity contribution in [3.63, 3.8) is 0 Å². The van der Waals surface area contributed by atoms with Gasteiger partial charge in [0.25, 0.3) is 0 Å². The fourth-order valence-electron chi connectivity index (χ4n) is 1.90. The second kappa shape index (κ2) is 5.94. The number of aromatic nitrogens is 1. The maximum Gasteiger partial charge on any atom is 0.175 e. The smallest absolute Gasteiger partial charge is 0.175 e. The summed E-state index contributed by atoms with van der Waals surface area (Å²) in [6, 6.07) is 12.0. The molecule has 0 amide bonds. The van der Waals surface area contributed by atoms with Gasteiger partial charge in [-0.25, -0.2) is 13.4 Å². The molecule has 0 saturated heterocycles. The van der Waals surface area contributed by atoms with Crippen molar-refractivity contribution in [2.75, 3.05) is 11.6 Å². The monoisotopic (exact) mass is 301 g/mol. The van der Waals surface area contributed by atoms with Crippen LogP contribution in [0.1, 0.15) is 24.1 Å². The standard InChI is InChI=1S/C15H15N3O2S/c1-11(18-15-13(10-16)4-3-9-17-15)12-5-7-14(8-6-12)21(2,19)20/h3-9,11H,1-2H3,(H,17,18)/t11-/m1/s1. The van der Waals surface area contributed by atoms with Crippen LogP contribution in [0.15, 0.2) is 47.5 Å². The summed E-state index contributed by atoms with van der Waals surface area (Å²) in [6.45, 7) is 1.92. The Kier molecular flexibility index (Phi) is 4.24. The average molecular weight is 301 g/mol. The van der Waals surface area contributed by atoms with E-state index < -0.39 is 9.84 Å². The topological polar surface area (TPSA) is 82.8 Å². The van der Waals surface area contributed by atoms with E-state index in [0.29, 0.717) is 11.4 Å². The summed E-state index contributed by atoms with van der Waals surface area (Å²) < 4.78 is 22.9. The lowest BCUT2D eigenvalue weighted by atomic mass is 10.1. The molecule has 0 aliphatic rings. The zero-order valence-corrected chi connectivity index (χ0v) is 12.6. The molecular formula is C15H15N3O2S. The molecule has 0 fully saturated rings. The molecule has 0 aliphatic carbocycles. The fraction of sp³-hybridized carbons (Fsp3) is 0.200. The van der Waals surface area contributed by atoms with Crippen molar-refractivity contribution in [1.82, 2.24) is 4.98 Å². The molecule has 0 radical (unpaired) electrons. The van der Waals surface area contributed by atoms with Gasteiger partial charge < -0.3 is 5.32 Å². The number of sulfone groups is 1. The molecule has 0 spiro atoms. The van der Waals surface area contributed by atoms with Crippen LogP contribution in [0.2, 0.25) is 0 Å². The average Bonchev–Trinajstić information content (AvgIpc) is 2.47. The molecule has 21 heavy (non-hydrogen) atoms. The molecule has 1 aromatic carbocycles. The predicted octanol–water partition coefficient (Wildman–Crippen LogP) is 2.53. The highest BCUT2D eigenvalue weighted by Crippen LogP contribution is 2.21. The summed E-state index contributed by atoms with van der Waals surface area (Å²) in [6.07, 6.45) is 2.79. The first-order valence-corrected chi connectivity index (χ1v) is 8.22. The molecule has 0 aliphatic heterocycles. The summed E-state index contributed by atoms with van der Waals surface area (Å²) in [5, 5.41) is 12.2.